The first-order chi connectivity index (χ1) is 36.0. The van der Waals surface area contributed by atoms with Crippen LogP contribution in [0.4, 0.5) is 0 Å². The molecule has 0 spiro atoms. The minimum Gasteiger partial charge on any atom is -0.462 e. The van der Waals surface area contributed by atoms with Gasteiger partial charge in [-0.2, -0.15) is 0 Å². The lowest BCUT2D eigenvalue weighted by Gasteiger charge is -2.18. The molecule has 0 amide bonds. The van der Waals surface area contributed by atoms with E-state index in [1.165, 1.54) is 225 Å². The minimum absolute atomic E-state index is 0.0940. The second kappa shape index (κ2) is 61.7. The molecule has 6 nitrogen and oxygen atoms in total. The van der Waals surface area contributed by atoms with Crippen molar-refractivity contribution in [2.24, 2.45) is 0 Å². The molecule has 0 saturated carbocycles. The number of unbranched alkanes of at least 4 members (excludes halogenated alkanes) is 37. The van der Waals surface area contributed by atoms with Gasteiger partial charge < -0.3 is 14.2 Å². The van der Waals surface area contributed by atoms with Crippen molar-refractivity contribution in [1.29, 1.82) is 0 Å². The Hall–Kier alpha value is -2.89. The lowest BCUT2D eigenvalue weighted by Crippen LogP contribution is -2.30. The van der Waals surface area contributed by atoms with Gasteiger partial charge in [-0.05, 0) is 103 Å². The van der Waals surface area contributed by atoms with Gasteiger partial charge in [0.25, 0.3) is 0 Å². The van der Waals surface area contributed by atoms with Crippen molar-refractivity contribution in [1.82, 2.24) is 0 Å². The van der Waals surface area contributed by atoms with E-state index in [4.69, 9.17) is 14.2 Å². The third-order valence-electron chi connectivity index (χ3n) is 14.0. The summed E-state index contributed by atoms with van der Waals surface area (Å²) in [4.78, 5) is 38.3. The van der Waals surface area contributed by atoms with Crippen molar-refractivity contribution in [3.63, 3.8) is 0 Å². The second-order valence-corrected chi connectivity index (χ2v) is 21.3. The molecule has 424 valence electrons. The minimum atomic E-state index is -0.803. The third kappa shape index (κ3) is 59.9. The van der Waals surface area contributed by atoms with Crippen LogP contribution in [0, 0.1) is 0 Å². The summed E-state index contributed by atoms with van der Waals surface area (Å²) in [6.07, 6.45) is 78.0. The predicted molar refractivity (Wildman–Crippen MR) is 316 cm³/mol. The van der Waals surface area contributed by atoms with Gasteiger partial charge >= 0.3 is 17.9 Å². The van der Waals surface area contributed by atoms with Crippen molar-refractivity contribution >= 4 is 17.9 Å². The van der Waals surface area contributed by atoms with Crippen molar-refractivity contribution in [3.8, 4) is 0 Å². The highest BCUT2D eigenvalue weighted by atomic mass is 16.6. The molecule has 0 saturated heterocycles. The van der Waals surface area contributed by atoms with Gasteiger partial charge in [-0.1, -0.05) is 268 Å². The van der Waals surface area contributed by atoms with Gasteiger partial charge in [0.2, 0.25) is 0 Å². The molecule has 0 aliphatic heterocycles. The number of carbonyl (C=O) groups excluding carboxylic acids is 3. The van der Waals surface area contributed by atoms with Crippen molar-refractivity contribution in [2.45, 2.75) is 335 Å². The zero-order chi connectivity index (χ0) is 52.9. The fourth-order valence-electron chi connectivity index (χ4n) is 9.16. The average Bonchev–Trinajstić information content (AvgIpc) is 3.39. The van der Waals surface area contributed by atoms with Crippen LogP contribution in [0.25, 0.3) is 0 Å². The molecule has 0 rings (SSSR count). The summed E-state index contributed by atoms with van der Waals surface area (Å²) in [6, 6.07) is 0. The Morgan fingerprint density at radius 2 is 0.507 bits per heavy atom. The summed E-state index contributed by atoms with van der Waals surface area (Å²) >= 11 is 0. The first kappa shape index (κ1) is 70.1. The summed E-state index contributed by atoms with van der Waals surface area (Å²) in [7, 11) is 0. The topological polar surface area (TPSA) is 78.9 Å². The largest absolute Gasteiger partial charge is 0.462 e. The van der Waals surface area contributed by atoms with Gasteiger partial charge in [0.1, 0.15) is 13.2 Å². The molecule has 0 bridgehead atoms. The van der Waals surface area contributed by atoms with Crippen LogP contribution in [-0.4, -0.2) is 37.2 Å². The Labute approximate surface area is 453 Å². The van der Waals surface area contributed by atoms with Gasteiger partial charge in [0.15, 0.2) is 6.10 Å². The Balaban J connectivity index is 4.40. The van der Waals surface area contributed by atoms with E-state index in [1.807, 2.05) is 0 Å². The fourth-order valence-corrected chi connectivity index (χ4v) is 9.16. The van der Waals surface area contributed by atoms with Crippen LogP contribution in [0.3, 0.4) is 0 Å². The third-order valence-corrected chi connectivity index (χ3v) is 14.0. The van der Waals surface area contributed by atoms with Crippen LogP contribution in [0.1, 0.15) is 329 Å². The average molecular weight is 1020 g/mol. The van der Waals surface area contributed by atoms with E-state index in [1.54, 1.807) is 0 Å². The quantitative estimate of drug-likeness (QED) is 0.0261. The highest BCUT2D eigenvalue weighted by Gasteiger charge is 2.19. The van der Waals surface area contributed by atoms with E-state index < -0.39 is 6.10 Å². The fraction of sp³-hybridized carbons (Fsp3) is 0.806. The van der Waals surface area contributed by atoms with E-state index in [2.05, 4.69) is 81.5 Å². The number of hydrogen-bond acceptors (Lipinski definition) is 6. The molecule has 0 aliphatic carbocycles. The van der Waals surface area contributed by atoms with Gasteiger partial charge in [-0.25, -0.2) is 0 Å². The SMILES string of the molecule is CCCCCCCC/C=C\C/C=C\C/C=C\CCCC(=O)O[C@@H](COC(=O)CCCCCCCCC/C=C\CCCCCCCC)COC(=O)CCCCCCCCCCCCC/C=C\CCCCCCCC. The normalized spacial score (nSPS) is 12.4. The van der Waals surface area contributed by atoms with Crippen LogP contribution in [0.2, 0.25) is 0 Å². The molecule has 6 heteroatoms. The highest BCUT2D eigenvalue weighted by molar-refractivity contribution is 5.71. The molecule has 0 aromatic heterocycles. The monoisotopic (exact) mass is 1020 g/mol. The van der Waals surface area contributed by atoms with Crippen molar-refractivity contribution in [2.75, 3.05) is 13.2 Å². The molecule has 0 fully saturated rings. The lowest BCUT2D eigenvalue weighted by molar-refractivity contribution is -0.167. The molecule has 0 radical (unpaired) electrons. The molecule has 73 heavy (non-hydrogen) atoms. The number of hydrogen-bond donors (Lipinski definition) is 0. The number of rotatable bonds is 58. The zero-order valence-corrected chi connectivity index (χ0v) is 48.7. The summed E-state index contributed by atoms with van der Waals surface area (Å²) in [5.41, 5.74) is 0. The van der Waals surface area contributed by atoms with Crippen LogP contribution in [-0.2, 0) is 28.6 Å². The molecule has 0 aromatic carbocycles. The maximum absolute atomic E-state index is 12.9. The summed E-state index contributed by atoms with van der Waals surface area (Å²) < 4.78 is 16.9. The Bertz CT molecular complexity index is 1310. The lowest BCUT2D eigenvalue weighted by atomic mass is 10.0. The van der Waals surface area contributed by atoms with E-state index in [0.29, 0.717) is 19.3 Å². The number of esters is 3. The Morgan fingerprint density at radius 3 is 0.822 bits per heavy atom. The zero-order valence-electron chi connectivity index (χ0n) is 48.7. The van der Waals surface area contributed by atoms with Gasteiger partial charge in [-0.15, -0.1) is 0 Å². The van der Waals surface area contributed by atoms with Crippen LogP contribution in [0.15, 0.2) is 60.8 Å². The van der Waals surface area contributed by atoms with Crippen LogP contribution >= 0.6 is 0 Å². The maximum Gasteiger partial charge on any atom is 0.306 e. The summed E-state index contributed by atoms with van der Waals surface area (Å²) in [5.74, 6) is -0.936. The van der Waals surface area contributed by atoms with Crippen LogP contribution < -0.4 is 0 Å². The number of allylic oxidation sites excluding steroid dienone is 10. The second-order valence-electron chi connectivity index (χ2n) is 21.3. The molecule has 1 atom stereocenters. The van der Waals surface area contributed by atoms with E-state index >= 15 is 0 Å². The van der Waals surface area contributed by atoms with Gasteiger partial charge in [0.05, 0.1) is 0 Å². The molecule has 0 aliphatic rings. The molecular formula is C67H120O6. The Kier molecular flexibility index (Phi) is 59.2. The van der Waals surface area contributed by atoms with Crippen molar-refractivity contribution < 1.29 is 28.6 Å². The molecular weight excluding hydrogens is 901 g/mol. The van der Waals surface area contributed by atoms with E-state index in [9.17, 15) is 14.4 Å². The van der Waals surface area contributed by atoms with Crippen LogP contribution in [0.5, 0.6) is 0 Å². The smallest absolute Gasteiger partial charge is 0.306 e. The van der Waals surface area contributed by atoms with Gasteiger partial charge in [-0.3, -0.25) is 14.4 Å². The highest BCUT2D eigenvalue weighted by Crippen LogP contribution is 2.16. The number of carbonyl (C=O) groups is 3. The van der Waals surface area contributed by atoms with E-state index in [-0.39, 0.29) is 37.5 Å². The predicted octanol–water partition coefficient (Wildman–Crippen LogP) is 21.6. The van der Waals surface area contributed by atoms with E-state index in [0.717, 1.165) is 57.8 Å². The summed E-state index contributed by atoms with van der Waals surface area (Å²) in [6.45, 7) is 6.62. The standard InChI is InChI=1S/C67H120O6/c1-4-7-10-13-16-19-22-25-28-31-32-33-34-37-39-42-45-48-51-54-57-60-66(69)72-63-64(73-67(70)61-58-55-52-49-46-43-40-36-30-27-24-21-18-15-12-9-6-3)62-71-65(68)59-56-53-50-47-44-41-38-35-29-26-23-20-17-14-11-8-5-2/h25-30,40,43,49,52,64H,4-24,31-39,41-42,44-48,50-51,53-63H2,1-3H3/b28-25-,29-26-,30-27-,43-40-,52-49-/t64-/m0/s1. The first-order valence-corrected chi connectivity index (χ1v) is 31.8. The summed E-state index contributed by atoms with van der Waals surface area (Å²) in [5, 5.41) is 0. The van der Waals surface area contributed by atoms with Crippen molar-refractivity contribution in [3.05, 3.63) is 60.8 Å². The Morgan fingerprint density at radius 1 is 0.274 bits per heavy atom. The molecule has 0 unspecified atom stereocenters. The number of ether oxygens (including phenoxy) is 3. The maximum atomic E-state index is 12.9. The molecule has 0 heterocycles. The first-order valence-electron chi connectivity index (χ1n) is 31.8. The molecule has 0 N–H and O–H groups in total. The van der Waals surface area contributed by atoms with Gasteiger partial charge in [0, 0.05) is 19.3 Å². The molecule has 0 aromatic rings.